The Labute approximate surface area is 134 Å². The Balaban J connectivity index is 1.96. The van der Waals surface area contributed by atoms with E-state index >= 15 is 0 Å². The van der Waals surface area contributed by atoms with E-state index in [1.807, 2.05) is 0 Å². The lowest BCUT2D eigenvalue weighted by Crippen LogP contribution is -2.52. The third-order valence-electron chi connectivity index (χ3n) is 5.31. The SMILES string of the molecule is CC(C)(C)[C@@H]1CCCC[C@H]1NC(=O)[C@H]1CCCN(C(N)=O)C1. The van der Waals surface area contributed by atoms with Crippen LogP contribution in [0.15, 0.2) is 0 Å². The molecule has 126 valence electrons. The van der Waals surface area contributed by atoms with Gasteiger partial charge in [-0.3, -0.25) is 4.79 Å². The molecule has 0 unspecified atom stereocenters. The predicted molar refractivity (Wildman–Crippen MR) is 87.2 cm³/mol. The van der Waals surface area contributed by atoms with E-state index in [-0.39, 0.29) is 23.3 Å². The van der Waals surface area contributed by atoms with Gasteiger partial charge in [0.25, 0.3) is 0 Å². The second-order valence-electron chi connectivity index (χ2n) is 8.00. The number of hydrogen-bond donors (Lipinski definition) is 2. The highest BCUT2D eigenvalue weighted by molar-refractivity contribution is 5.80. The van der Waals surface area contributed by atoms with E-state index in [4.69, 9.17) is 5.73 Å². The third kappa shape index (κ3) is 4.14. The van der Waals surface area contributed by atoms with Crippen LogP contribution in [0.5, 0.6) is 0 Å². The molecule has 1 aliphatic carbocycles. The second-order valence-corrected chi connectivity index (χ2v) is 8.00. The summed E-state index contributed by atoms with van der Waals surface area (Å²) < 4.78 is 0. The van der Waals surface area contributed by atoms with Gasteiger partial charge in [0.1, 0.15) is 0 Å². The van der Waals surface area contributed by atoms with Crippen molar-refractivity contribution in [2.75, 3.05) is 13.1 Å². The molecule has 0 bridgehead atoms. The van der Waals surface area contributed by atoms with Gasteiger partial charge in [-0.2, -0.15) is 0 Å². The Bertz CT molecular complexity index is 417. The molecule has 3 atom stereocenters. The number of amides is 3. The lowest BCUT2D eigenvalue weighted by Gasteiger charge is -2.41. The normalized spacial score (nSPS) is 30.0. The van der Waals surface area contributed by atoms with E-state index in [1.165, 1.54) is 19.3 Å². The van der Waals surface area contributed by atoms with Gasteiger partial charge in [0.15, 0.2) is 0 Å². The van der Waals surface area contributed by atoms with E-state index in [0.29, 0.717) is 19.0 Å². The standard InChI is InChI=1S/C17H31N3O2/c1-17(2,3)13-8-4-5-9-14(13)19-15(21)12-7-6-10-20(11-12)16(18)22/h12-14H,4-11H2,1-3H3,(H2,18,22)(H,19,21)/t12-,13+,14+/m0/s1. The van der Waals surface area contributed by atoms with Crippen molar-refractivity contribution in [2.45, 2.75) is 65.3 Å². The number of rotatable bonds is 2. The van der Waals surface area contributed by atoms with Crippen LogP contribution < -0.4 is 11.1 Å². The molecule has 2 fully saturated rings. The van der Waals surface area contributed by atoms with Crippen LogP contribution in [0.4, 0.5) is 4.79 Å². The first kappa shape index (κ1) is 17.1. The molecular formula is C17H31N3O2. The predicted octanol–water partition coefficient (Wildman–Crippen LogP) is 2.50. The van der Waals surface area contributed by atoms with Crippen LogP contribution >= 0.6 is 0 Å². The molecule has 3 N–H and O–H groups in total. The molecule has 0 spiro atoms. The maximum absolute atomic E-state index is 12.6. The zero-order chi connectivity index (χ0) is 16.3. The van der Waals surface area contributed by atoms with Crippen molar-refractivity contribution in [2.24, 2.45) is 23.0 Å². The number of piperidine rings is 1. The molecule has 0 radical (unpaired) electrons. The van der Waals surface area contributed by atoms with E-state index < -0.39 is 6.03 Å². The maximum atomic E-state index is 12.6. The van der Waals surface area contributed by atoms with Gasteiger partial charge in [-0.15, -0.1) is 0 Å². The van der Waals surface area contributed by atoms with Crippen LogP contribution in [0, 0.1) is 17.3 Å². The van der Waals surface area contributed by atoms with Crippen molar-refractivity contribution in [1.82, 2.24) is 10.2 Å². The topological polar surface area (TPSA) is 75.4 Å². The van der Waals surface area contributed by atoms with Crippen molar-refractivity contribution in [3.8, 4) is 0 Å². The fraction of sp³-hybridized carbons (Fsp3) is 0.882. The Morgan fingerprint density at radius 2 is 1.77 bits per heavy atom. The van der Waals surface area contributed by atoms with Crippen molar-refractivity contribution in [3.63, 3.8) is 0 Å². The molecule has 2 rings (SSSR count). The van der Waals surface area contributed by atoms with Crippen LogP contribution in [0.25, 0.3) is 0 Å². The van der Waals surface area contributed by atoms with Crippen molar-refractivity contribution >= 4 is 11.9 Å². The summed E-state index contributed by atoms with van der Waals surface area (Å²) in [6.07, 6.45) is 6.41. The molecular weight excluding hydrogens is 278 g/mol. The molecule has 3 amide bonds. The summed E-state index contributed by atoms with van der Waals surface area (Å²) in [6.45, 7) is 7.92. The zero-order valence-corrected chi connectivity index (χ0v) is 14.2. The average molecular weight is 309 g/mol. The van der Waals surface area contributed by atoms with Gasteiger partial charge in [0.05, 0.1) is 5.92 Å². The number of carbonyl (C=O) groups is 2. The van der Waals surface area contributed by atoms with Gasteiger partial charge >= 0.3 is 6.03 Å². The number of nitrogens with zero attached hydrogens (tertiary/aromatic N) is 1. The molecule has 22 heavy (non-hydrogen) atoms. The first-order valence-corrected chi connectivity index (χ1v) is 8.64. The summed E-state index contributed by atoms with van der Waals surface area (Å²) in [7, 11) is 0. The van der Waals surface area contributed by atoms with Crippen molar-refractivity contribution in [1.29, 1.82) is 0 Å². The molecule has 1 aliphatic heterocycles. The van der Waals surface area contributed by atoms with E-state index in [1.54, 1.807) is 4.90 Å². The molecule has 0 aromatic carbocycles. The smallest absolute Gasteiger partial charge is 0.314 e. The number of hydrogen-bond acceptors (Lipinski definition) is 2. The third-order valence-corrected chi connectivity index (χ3v) is 5.31. The fourth-order valence-electron chi connectivity index (χ4n) is 4.03. The highest BCUT2D eigenvalue weighted by Gasteiger charge is 2.36. The van der Waals surface area contributed by atoms with E-state index in [0.717, 1.165) is 19.3 Å². The highest BCUT2D eigenvalue weighted by atomic mass is 16.2. The van der Waals surface area contributed by atoms with Crippen LogP contribution in [0.3, 0.4) is 0 Å². The monoisotopic (exact) mass is 309 g/mol. The quantitative estimate of drug-likeness (QED) is 0.822. The largest absolute Gasteiger partial charge is 0.353 e. The minimum Gasteiger partial charge on any atom is -0.353 e. The Hall–Kier alpha value is -1.26. The van der Waals surface area contributed by atoms with Crippen molar-refractivity contribution in [3.05, 3.63) is 0 Å². The van der Waals surface area contributed by atoms with Crippen LogP contribution in [-0.4, -0.2) is 36.0 Å². The van der Waals surface area contributed by atoms with Gasteiger partial charge in [-0.1, -0.05) is 33.6 Å². The molecule has 0 aromatic rings. The first-order valence-electron chi connectivity index (χ1n) is 8.64. The van der Waals surface area contributed by atoms with Crippen LogP contribution in [0.1, 0.15) is 59.3 Å². The van der Waals surface area contributed by atoms with Gasteiger partial charge in [0, 0.05) is 19.1 Å². The molecule has 1 saturated carbocycles. The number of urea groups is 1. The van der Waals surface area contributed by atoms with Gasteiger partial charge in [-0.05, 0) is 37.0 Å². The molecule has 0 aromatic heterocycles. The lowest BCUT2D eigenvalue weighted by atomic mass is 9.69. The number of likely N-dealkylation sites (tertiary alicyclic amines) is 1. The summed E-state index contributed by atoms with van der Waals surface area (Å²) in [5.74, 6) is 0.525. The van der Waals surface area contributed by atoms with Crippen LogP contribution in [0.2, 0.25) is 0 Å². The van der Waals surface area contributed by atoms with Gasteiger partial charge in [0.2, 0.25) is 5.91 Å². The van der Waals surface area contributed by atoms with Gasteiger partial charge < -0.3 is 16.0 Å². The molecule has 1 heterocycles. The summed E-state index contributed by atoms with van der Waals surface area (Å²) in [6, 6.07) is -0.145. The zero-order valence-electron chi connectivity index (χ0n) is 14.2. The molecule has 5 nitrogen and oxygen atoms in total. The summed E-state index contributed by atoms with van der Waals surface area (Å²) in [4.78, 5) is 25.5. The summed E-state index contributed by atoms with van der Waals surface area (Å²) in [5.41, 5.74) is 5.56. The van der Waals surface area contributed by atoms with E-state index in [2.05, 4.69) is 26.1 Å². The highest BCUT2D eigenvalue weighted by Crippen LogP contribution is 2.38. The Morgan fingerprint density at radius 1 is 1.09 bits per heavy atom. The summed E-state index contributed by atoms with van der Waals surface area (Å²) >= 11 is 0. The maximum Gasteiger partial charge on any atom is 0.314 e. The van der Waals surface area contributed by atoms with Gasteiger partial charge in [-0.25, -0.2) is 4.79 Å². The number of carbonyl (C=O) groups excluding carboxylic acids is 2. The van der Waals surface area contributed by atoms with Crippen LogP contribution in [-0.2, 0) is 4.79 Å². The first-order chi connectivity index (χ1) is 10.3. The minimum absolute atomic E-state index is 0.104. The van der Waals surface area contributed by atoms with E-state index in [9.17, 15) is 9.59 Å². The minimum atomic E-state index is -0.414. The molecule has 5 heteroatoms. The average Bonchev–Trinajstić information content (AvgIpc) is 2.46. The summed E-state index contributed by atoms with van der Waals surface area (Å²) in [5, 5.41) is 3.29. The Morgan fingerprint density at radius 3 is 2.41 bits per heavy atom. The van der Waals surface area contributed by atoms with Crippen molar-refractivity contribution < 1.29 is 9.59 Å². The number of primary amides is 1. The fourth-order valence-corrected chi connectivity index (χ4v) is 4.03. The second kappa shape index (κ2) is 6.88. The lowest BCUT2D eigenvalue weighted by molar-refractivity contribution is -0.128. The molecule has 1 saturated heterocycles. The Kier molecular flexibility index (Phi) is 5.35. The number of nitrogens with one attached hydrogen (secondary N) is 1. The number of nitrogens with two attached hydrogens (primary N) is 1. The molecule has 2 aliphatic rings.